The summed E-state index contributed by atoms with van der Waals surface area (Å²) in [7, 11) is 0. The minimum absolute atomic E-state index is 0.289. The van der Waals surface area contributed by atoms with Crippen LogP contribution in [0.3, 0.4) is 0 Å². The normalized spacial score (nSPS) is 30.2. The molecular weight excluding hydrogens is 148 g/mol. The zero-order valence-electron chi connectivity index (χ0n) is 5.96. The van der Waals surface area contributed by atoms with Crippen molar-refractivity contribution in [3.8, 4) is 0 Å². The van der Waals surface area contributed by atoms with Crippen molar-refractivity contribution in [1.29, 1.82) is 0 Å². The molecular formula is C6H10N2O3. The maximum Gasteiger partial charge on any atom is 0.333 e. The lowest BCUT2D eigenvalue weighted by Crippen LogP contribution is -2.57. The van der Waals surface area contributed by atoms with Crippen molar-refractivity contribution in [3.63, 3.8) is 0 Å². The molecule has 5 nitrogen and oxygen atoms in total. The van der Waals surface area contributed by atoms with Crippen LogP contribution in [-0.2, 0) is 9.59 Å². The lowest BCUT2D eigenvalue weighted by molar-refractivity contribution is -0.149. The molecule has 1 rings (SSSR count). The number of carboxylic acid groups (broad SMARTS) is 1. The van der Waals surface area contributed by atoms with E-state index in [2.05, 4.69) is 5.32 Å². The molecule has 0 aromatic rings. The van der Waals surface area contributed by atoms with E-state index in [0.717, 1.165) is 0 Å². The third kappa shape index (κ3) is 1.07. The zero-order chi connectivity index (χ0) is 8.48. The van der Waals surface area contributed by atoms with E-state index in [1.165, 1.54) is 0 Å². The van der Waals surface area contributed by atoms with Crippen LogP contribution in [0.4, 0.5) is 0 Å². The Morgan fingerprint density at radius 3 is 2.36 bits per heavy atom. The van der Waals surface area contributed by atoms with Gasteiger partial charge in [-0.05, 0) is 19.4 Å². The van der Waals surface area contributed by atoms with Crippen LogP contribution in [0.1, 0.15) is 12.8 Å². The van der Waals surface area contributed by atoms with Gasteiger partial charge >= 0.3 is 5.97 Å². The summed E-state index contributed by atoms with van der Waals surface area (Å²) < 4.78 is 0. The van der Waals surface area contributed by atoms with E-state index in [9.17, 15) is 9.59 Å². The molecule has 1 atom stereocenters. The van der Waals surface area contributed by atoms with Crippen LogP contribution >= 0.6 is 0 Å². The number of rotatable bonds is 2. The Morgan fingerprint density at radius 1 is 1.55 bits per heavy atom. The molecule has 0 spiro atoms. The van der Waals surface area contributed by atoms with Crippen LogP contribution in [0.2, 0.25) is 0 Å². The molecule has 1 amide bonds. The van der Waals surface area contributed by atoms with Gasteiger partial charge in [-0.3, -0.25) is 10.1 Å². The lowest BCUT2D eigenvalue weighted by Gasteiger charge is -2.19. The molecule has 1 aliphatic rings. The van der Waals surface area contributed by atoms with Crippen LogP contribution < -0.4 is 11.1 Å². The first-order valence-electron chi connectivity index (χ1n) is 3.38. The highest BCUT2D eigenvalue weighted by molar-refractivity contribution is 6.06. The van der Waals surface area contributed by atoms with Crippen molar-refractivity contribution in [1.82, 2.24) is 5.32 Å². The van der Waals surface area contributed by atoms with Crippen molar-refractivity contribution in [2.24, 2.45) is 5.73 Å². The SMILES string of the molecule is NC(=O)C1(C(=O)O)CCCN1. The van der Waals surface area contributed by atoms with Gasteiger partial charge in [0.2, 0.25) is 5.91 Å². The number of hydrogen-bond acceptors (Lipinski definition) is 3. The Balaban J connectivity index is 2.87. The van der Waals surface area contributed by atoms with Gasteiger partial charge in [0.25, 0.3) is 0 Å². The molecule has 4 N–H and O–H groups in total. The molecule has 5 heteroatoms. The first-order chi connectivity index (χ1) is 5.09. The predicted octanol–water partition coefficient (Wildman–Crippen LogP) is -1.32. The molecule has 0 bridgehead atoms. The van der Waals surface area contributed by atoms with Gasteiger partial charge in [-0.2, -0.15) is 0 Å². The molecule has 1 aliphatic heterocycles. The molecule has 62 valence electrons. The van der Waals surface area contributed by atoms with E-state index >= 15 is 0 Å². The van der Waals surface area contributed by atoms with E-state index in [4.69, 9.17) is 10.8 Å². The van der Waals surface area contributed by atoms with Crippen LogP contribution in [0.25, 0.3) is 0 Å². The summed E-state index contributed by atoms with van der Waals surface area (Å²) in [6, 6.07) is 0. The minimum atomic E-state index is -1.50. The topological polar surface area (TPSA) is 92.4 Å². The van der Waals surface area contributed by atoms with E-state index in [0.29, 0.717) is 13.0 Å². The van der Waals surface area contributed by atoms with Crippen molar-refractivity contribution < 1.29 is 14.7 Å². The van der Waals surface area contributed by atoms with Gasteiger partial charge in [0, 0.05) is 0 Å². The Labute approximate surface area is 63.6 Å². The maximum atomic E-state index is 10.7. The number of primary amides is 1. The van der Waals surface area contributed by atoms with Crippen molar-refractivity contribution in [2.45, 2.75) is 18.4 Å². The highest BCUT2D eigenvalue weighted by Crippen LogP contribution is 2.18. The number of nitrogens with two attached hydrogens (primary N) is 1. The van der Waals surface area contributed by atoms with Crippen LogP contribution in [0, 0.1) is 0 Å². The van der Waals surface area contributed by atoms with Crippen LogP contribution in [0.5, 0.6) is 0 Å². The third-order valence-electron chi connectivity index (χ3n) is 1.94. The van der Waals surface area contributed by atoms with E-state index < -0.39 is 17.4 Å². The second kappa shape index (κ2) is 2.50. The number of carboxylic acids is 1. The van der Waals surface area contributed by atoms with Gasteiger partial charge in [-0.25, -0.2) is 4.79 Å². The number of amides is 1. The number of nitrogens with one attached hydrogen (secondary N) is 1. The summed E-state index contributed by atoms with van der Waals surface area (Å²) in [4.78, 5) is 21.3. The van der Waals surface area contributed by atoms with E-state index in [-0.39, 0.29) is 6.42 Å². The summed E-state index contributed by atoms with van der Waals surface area (Å²) in [5.41, 5.74) is 3.45. The average molecular weight is 158 g/mol. The predicted molar refractivity (Wildman–Crippen MR) is 36.8 cm³/mol. The summed E-state index contributed by atoms with van der Waals surface area (Å²) in [5.74, 6) is -1.98. The first-order valence-corrected chi connectivity index (χ1v) is 3.38. The molecule has 1 unspecified atom stereocenters. The standard InChI is InChI=1S/C6H10N2O3/c7-4(9)6(5(10)11)2-1-3-8-6/h8H,1-3H2,(H2,7,9)(H,10,11). The van der Waals surface area contributed by atoms with Crippen molar-refractivity contribution in [3.05, 3.63) is 0 Å². The summed E-state index contributed by atoms with van der Waals surface area (Å²) >= 11 is 0. The quantitative estimate of drug-likeness (QED) is 0.434. The van der Waals surface area contributed by atoms with Gasteiger partial charge in [0.1, 0.15) is 0 Å². The van der Waals surface area contributed by atoms with Crippen molar-refractivity contribution >= 4 is 11.9 Å². The molecule has 0 saturated carbocycles. The first kappa shape index (κ1) is 8.00. The summed E-state index contributed by atoms with van der Waals surface area (Å²) in [6.07, 6.45) is 0.965. The number of aliphatic carboxylic acids is 1. The van der Waals surface area contributed by atoms with Gasteiger partial charge in [-0.1, -0.05) is 0 Å². The molecule has 0 aliphatic carbocycles. The molecule has 0 aromatic heterocycles. The fourth-order valence-corrected chi connectivity index (χ4v) is 1.24. The van der Waals surface area contributed by atoms with Crippen molar-refractivity contribution in [2.75, 3.05) is 6.54 Å². The Kier molecular flexibility index (Phi) is 1.82. The van der Waals surface area contributed by atoms with E-state index in [1.807, 2.05) is 0 Å². The summed E-state index contributed by atoms with van der Waals surface area (Å²) in [6.45, 7) is 0.537. The number of carbonyl (C=O) groups is 2. The largest absolute Gasteiger partial charge is 0.479 e. The molecule has 0 aromatic carbocycles. The Morgan fingerprint density at radius 2 is 2.18 bits per heavy atom. The third-order valence-corrected chi connectivity index (χ3v) is 1.94. The average Bonchev–Trinajstić information content (AvgIpc) is 2.34. The van der Waals surface area contributed by atoms with Crippen LogP contribution in [-0.4, -0.2) is 29.1 Å². The number of hydrogen-bond donors (Lipinski definition) is 3. The second-order valence-electron chi connectivity index (χ2n) is 2.61. The Bertz CT molecular complexity index is 180. The molecule has 1 saturated heterocycles. The fourth-order valence-electron chi connectivity index (χ4n) is 1.24. The Hall–Kier alpha value is -1.10. The minimum Gasteiger partial charge on any atom is -0.479 e. The fraction of sp³-hybridized carbons (Fsp3) is 0.667. The van der Waals surface area contributed by atoms with Crippen LogP contribution in [0.15, 0.2) is 0 Å². The monoisotopic (exact) mass is 158 g/mol. The molecule has 11 heavy (non-hydrogen) atoms. The molecule has 1 heterocycles. The van der Waals surface area contributed by atoms with E-state index in [1.54, 1.807) is 0 Å². The van der Waals surface area contributed by atoms with Gasteiger partial charge in [0.05, 0.1) is 0 Å². The zero-order valence-corrected chi connectivity index (χ0v) is 5.96. The van der Waals surface area contributed by atoms with Gasteiger partial charge in [0.15, 0.2) is 5.54 Å². The smallest absolute Gasteiger partial charge is 0.333 e. The maximum absolute atomic E-state index is 10.7. The van der Waals surface area contributed by atoms with Gasteiger partial charge in [-0.15, -0.1) is 0 Å². The van der Waals surface area contributed by atoms with Gasteiger partial charge < -0.3 is 10.8 Å². The molecule has 0 radical (unpaired) electrons. The molecule has 1 fully saturated rings. The highest BCUT2D eigenvalue weighted by atomic mass is 16.4. The summed E-state index contributed by atoms with van der Waals surface area (Å²) in [5, 5.41) is 11.3. The number of carbonyl (C=O) groups excluding carboxylic acids is 1. The second-order valence-corrected chi connectivity index (χ2v) is 2.61. The lowest BCUT2D eigenvalue weighted by atomic mass is 9.97. The highest BCUT2D eigenvalue weighted by Gasteiger charge is 2.46.